The van der Waals surface area contributed by atoms with Gasteiger partial charge in [0.2, 0.25) is 0 Å². The third kappa shape index (κ3) is 6.29. The van der Waals surface area contributed by atoms with Gasteiger partial charge in [0.25, 0.3) is 5.91 Å². The average Bonchev–Trinajstić information content (AvgIpc) is 3.41. The molecular formula is C30H28ClF3N3O4+. The number of nitrogens with zero attached hydrogens (tertiary/aromatic N) is 3. The number of hydrogen-bond acceptors (Lipinski definition) is 5. The number of alkyl halides is 3. The van der Waals surface area contributed by atoms with Gasteiger partial charge in [-0.05, 0) is 66.5 Å². The number of para-hydroxylation sites is 1. The van der Waals surface area contributed by atoms with Crippen LogP contribution in [0.2, 0.25) is 5.02 Å². The number of carbonyl (C=O) groups is 3. The molecule has 0 aliphatic carbocycles. The molecule has 1 atom stereocenters. The van der Waals surface area contributed by atoms with Gasteiger partial charge in [0.15, 0.2) is 12.2 Å². The fourth-order valence-electron chi connectivity index (χ4n) is 5.37. The van der Waals surface area contributed by atoms with E-state index in [4.69, 9.17) is 16.4 Å². The van der Waals surface area contributed by atoms with Gasteiger partial charge in [0.05, 0.1) is 6.54 Å². The van der Waals surface area contributed by atoms with Crippen molar-refractivity contribution in [3.8, 4) is 0 Å². The summed E-state index contributed by atoms with van der Waals surface area (Å²) in [5.74, 6) is -3.90. The van der Waals surface area contributed by atoms with Crippen LogP contribution in [0.5, 0.6) is 0 Å². The number of hydroxylamine groups is 2. The number of benzene rings is 3. The molecule has 0 aromatic heterocycles. The van der Waals surface area contributed by atoms with Gasteiger partial charge in [-0.3, -0.25) is 14.5 Å². The summed E-state index contributed by atoms with van der Waals surface area (Å²) in [6.45, 7) is 1.52. The van der Waals surface area contributed by atoms with Crippen molar-refractivity contribution in [2.45, 2.75) is 38.7 Å². The van der Waals surface area contributed by atoms with E-state index >= 15 is 0 Å². The molecule has 5 rings (SSSR count). The molecule has 2 heterocycles. The van der Waals surface area contributed by atoms with Gasteiger partial charge in [0.1, 0.15) is 6.54 Å². The first-order valence-corrected chi connectivity index (χ1v) is 13.6. The minimum atomic E-state index is -5.34. The summed E-state index contributed by atoms with van der Waals surface area (Å²) < 4.78 is 39.4. The molecule has 1 fully saturated rings. The maximum atomic E-state index is 14.0. The molecule has 3 aromatic rings. The lowest BCUT2D eigenvalue weighted by Crippen LogP contribution is -2.58. The normalized spacial score (nSPS) is 19.5. The van der Waals surface area contributed by atoms with Crippen LogP contribution in [0.4, 0.5) is 18.9 Å². The van der Waals surface area contributed by atoms with Crippen LogP contribution in [-0.2, 0) is 34.1 Å². The minimum Gasteiger partial charge on any atom is -0.320 e. The van der Waals surface area contributed by atoms with E-state index in [0.29, 0.717) is 22.7 Å². The number of rotatable bonds is 6. The van der Waals surface area contributed by atoms with Crippen LogP contribution in [0.15, 0.2) is 72.8 Å². The lowest BCUT2D eigenvalue weighted by Gasteiger charge is -2.32. The Balaban J connectivity index is 1.56. The van der Waals surface area contributed by atoms with Gasteiger partial charge in [0, 0.05) is 34.3 Å². The molecule has 0 radical (unpaired) electrons. The average molecular weight is 587 g/mol. The zero-order chi connectivity index (χ0) is 29.2. The van der Waals surface area contributed by atoms with Crippen LogP contribution in [0, 0.1) is 0 Å². The predicted octanol–water partition coefficient (Wildman–Crippen LogP) is 5.65. The Morgan fingerprint density at radius 2 is 1.59 bits per heavy atom. The third-order valence-corrected chi connectivity index (χ3v) is 7.57. The van der Waals surface area contributed by atoms with Crippen molar-refractivity contribution in [3.05, 3.63) is 100 Å². The first kappa shape index (κ1) is 28.8. The second-order valence-electron chi connectivity index (χ2n) is 10.3. The van der Waals surface area contributed by atoms with E-state index in [1.54, 1.807) is 30.3 Å². The van der Waals surface area contributed by atoms with Crippen molar-refractivity contribution in [1.29, 1.82) is 0 Å². The largest absolute Gasteiger partial charge is 0.497 e. The number of hydrogen-bond donors (Lipinski definition) is 0. The maximum absolute atomic E-state index is 14.0. The summed E-state index contributed by atoms with van der Waals surface area (Å²) in [5.41, 5.74) is 2.13. The second kappa shape index (κ2) is 11.6. The zero-order valence-corrected chi connectivity index (χ0v) is 22.8. The number of fused-ring (bicyclic) bond motifs is 1. The molecular weight excluding hydrogens is 559 g/mol. The Hall–Kier alpha value is -3.73. The summed E-state index contributed by atoms with van der Waals surface area (Å²) >= 11 is 5.95. The topological polar surface area (TPSA) is 66.9 Å². The molecule has 214 valence electrons. The Morgan fingerprint density at radius 1 is 0.902 bits per heavy atom. The van der Waals surface area contributed by atoms with Crippen LogP contribution in [0.3, 0.4) is 0 Å². The maximum Gasteiger partial charge on any atom is 0.497 e. The Labute approximate surface area is 240 Å². The summed E-state index contributed by atoms with van der Waals surface area (Å²) in [5, 5.41) is 0.417. The molecule has 11 heteroatoms. The highest BCUT2D eigenvalue weighted by molar-refractivity contribution is 6.30. The SMILES string of the molecule is O=C(c1ccc(Cl)cc1)N1CC(=O)[N+](Cc2cccc(CN3CCCC3)c2)(OC(=O)C(F)(F)F)c2ccccc2C1. The molecule has 2 aliphatic heterocycles. The standard InChI is InChI=1S/C30H28ClF3N3O4/c31-25-12-10-23(11-13-25)28(39)36-18-24-8-1-2-9-26(24)37(27(38)19-36,41-29(40)30(32,33)34)20-22-7-5-6-21(16-22)17-35-14-3-4-15-35/h1-2,5-13,16H,3-4,14-15,17-20H2/q+1. The number of carbonyl (C=O) groups excluding carboxylic acids is 3. The van der Waals surface area contributed by atoms with Crippen molar-refractivity contribution < 1.29 is 32.4 Å². The molecule has 7 nitrogen and oxygen atoms in total. The van der Waals surface area contributed by atoms with Gasteiger partial charge in [-0.2, -0.15) is 13.2 Å². The monoisotopic (exact) mass is 586 g/mol. The van der Waals surface area contributed by atoms with E-state index < -0.39 is 35.2 Å². The van der Waals surface area contributed by atoms with Crippen LogP contribution < -0.4 is 4.65 Å². The summed E-state index contributed by atoms with van der Waals surface area (Å²) in [7, 11) is 0. The van der Waals surface area contributed by atoms with Crippen molar-refractivity contribution in [2.24, 2.45) is 0 Å². The van der Waals surface area contributed by atoms with E-state index in [1.807, 2.05) is 12.1 Å². The first-order chi connectivity index (χ1) is 19.5. The molecule has 0 N–H and O–H groups in total. The number of likely N-dealkylation sites (tertiary alicyclic amines) is 1. The molecule has 0 bridgehead atoms. The van der Waals surface area contributed by atoms with Crippen LogP contribution >= 0.6 is 11.6 Å². The highest BCUT2D eigenvalue weighted by Crippen LogP contribution is 2.37. The van der Waals surface area contributed by atoms with Gasteiger partial charge < -0.3 is 4.90 Å². The van der Waals surface area contributed by atoms with Gasteiger partial charge in [-0.1, -0.05) is 48.0 Å². The summed E-state index contributed by atoms with van der Waals surface area (Å²) in [6, 6.07) is 19.5. The summed E-state index contributed by atoms with van der Waals surface area (Å²) in [4.78, 5) is 48.4. The van der Waals surface area contributed by atoms with E-state index in [0.717, 1.165) is 31.5 Å². The first-order valence-electron chi connectivity index (χ1n) is 13.2. The van der Waals surface area contributed by atoms with Crippen molar-refractivity contribution >= 4 is 35.1 Å². The van der Waals surface area contributed by atoms with Crippen LogP contribution in [0.1, 0.15) is 39.9 Å². The number of amides is 2. The molecule has 2 amide bonds. The Kier molecular flexibility index (Phi) is 8.17. The quantitative estimate of drug-likeness (QED) is 0.350. The van der Waals surface area contributed by atoms with E-state index in [2.05, 4.69) is 4.90 Å². The predicted molar refractivity (Wildman–Crippen MR) is 146 cm³/mol. The molecule has 1 saturated heterocycles. The Morgan fingerprint density at radius 3 is 2.29 bits per heavy atom. The van der Waals surface area contributed by atoms with Crippen LogP contribution in [-0.4, -0.2) is 53.4 Å². The summed E-state index contributed by atoms with van der Waals surface area (Å²) in [6.07, 6.45) is -3.14. The minimum absolute atomic E-state index is 0.0615. The smallest absolute Gasteiger partial charge is 0.320 e. The van der Waals surface area contributed by atoms with E-state index in [-0.39, 0.29) is 24.3 Å². The number of quaternary nitrogens is 1. The highest BCUT2D eigenvalue weighted by atomic mass is 35.5. The fourth-order valence-corrected chi connectivity index (χ4v) is 5.50. The lowest BCUT2D eigenvalue weighted by atomic mass is 10.1. The molecule has 1 unspecified atom stereocenters. The van der Waals surface area contributed by atoms with Crippen molar-refractivity contribution in [2.75, 3.05) is 19.6 Å². The lowest BCUT2D eigenvalue weighted by molar-refractivity contribution is -0.235. The molecule has 0 spiro atoms. The molecule has 2 aliphatic rings. The van der Waals surface area contributed by atoms with E-state index in [9.17, 15) is 27.6 Å². The van der Waals surface area contributed by atoms with Gasteiger partial charge >= 0.3 is 18.1 Å². The van der Waals surface area contributed by atoms with Crippen LogP contribution in [0.25, 0.3) is 0 Å². The van der Waals surface area contributed by atoms with Crippen molar-refractivity contribution in [1.82, 2.24) is 14.4 Å². The van der Waals surface area contributed by atoms with Gasteiger partial charge in [-0.25, -0.2) is 9.59 Å². The van der Waals surface area contributed by atoms with E-state index in [1.165, 1.54) is 35.2 Å². The third-order valence-electron chi connectivity index (χ3n) is 7.32. The molecule has 41 heavy (non-hydrogen) atoms. The zero-order valence-electron chi connectivity index (χ0n) is 22.1. The second-order valence-corrected chi connectivity index (χ2v) is 10.7. The number of halogens is 4. The molecule has 0 saturated carbocycles. The van der Waals surface area contributed by atoms with Gasteiger partial charge in [-0.15, -0.1) is 0 Å². The fraction of sp³-hybridized carbons (Fsp3) is 0.300. The highest BCUT2D eigenvalue weighted by Gasteiger charge is 2.55. The van der Waals surface area contributed by atoms with Crippen molar-refractivity contribution in [3.63, 3.8) is 0 Å². The molecule has 3 aromatic carbocycles. The Bertz CT molecular complexity index is 1460.